The average Bonchev–Trinajstić information content (AvgIpc) is 3.08. The van der Waals surface area contributed by atoms with E-state index in [0.717, 1.165) is 6.07 Å². The van der Waals surface area contributed by atoms with Gasteiger partial charge < -0.3 is 20.3 Å². The van der Waals surface area contributed by atoms with Crippen molar-refractivity contribution < 1.29 is 46.1 Å². The molecule has 37 heavy (non-hydrogen) atoms. The molecule has 7 atom stereocenters. The van der Waals surface area contributed by atoms with Gasteiger partial charge in [-0.2, -0.15) is 0 Å². The number of hydrogen-bond donors (Lipinski definition) is 3. The molecule has 2 bridgehead atoms. The number of aliphatic hydroxyl groups is 2. The molecular weight excluding hydrogens is 539 g/mol. The summed E-state index contributed by atoms with van der Waals surface area (Å²) >= 11 is 6.22. The van der Waals surface area contributed by atoms with Crippen molar-refractivity contribution in [1.29, 1.82) is 0 Å². The normalized spacial score (nSPS) is 35.5. The fourth-order valence-corrected chi connectivity index (χ4v) is 10.1. The predicted octanol–water partition coefficient (Wildman–Crippen LogP) is 2.60. The first kappa shape index (κ1) is 24.7. The highest BCUT2D eigenvalue weighted by Crippen LogP contribution is 2.81. The number of sulfone groups is 1. The van der Waals surface area contributed by atoms with E-state index in [4.69, 9.17) is 16.3 Å². The molecule has 1 spiro atoms. The van der Waals surface area contributed by atoms with E-state index < -0.39 is 79.5 Å². The second kappa shape index (κ2) is 7.68. The number of benzene rings is 2. The van der Waals surface area contributed by atoms with Gasteiger partial charge in [-0.05, 0) is 48.8 Å². The third-order valence-electron chi connectivity index (χ3n) is 8.44. The number of esters is 1. The Labute approximate surface area is 213 Å². The van der Waals surface area contributed by atoms with Gasteiger partial charge in [-0.25, -0.2) is 26.4 Å². The van der Waals surface area contributed by atoms with Gasteiger partial charge in [0, 0.05) is 29.3 Å². The molecule has 3 unspecified atom stereocenters. The molecule has 2 aromatic rings. The molecule has 3 N–H and O–H groups in total. The Kier molecular flexibility index (Phi) is 5.12. The minimum atomic E-state index is -4.10. The van der Waals surface area contributed by atoms with Crippen LogP contribution in [0.5, 0.6) is 0 Å². The zero-order valence-corrected chi connectivity index (χ0v) is 20.3. The number of fused-ring (bicyclic) bond motifs is 1. The van der Waals surface area contributed by atoms with Gasteiger partial charge in [0.2, 0.25) is 0 Å². The molecule has 0 radical (unpaired) electrons. The van der Waals surface area contributed by atoms with Gasteiger partial charge in [-0.1, -0.05) is 11.6 Å². The van der Waals surface area contributed by atoms with E-state index in [0.29, 0.717) is 25.0 Å². The molecule has 1 heterocycles. The van der Waals surface area contributed by atoms with Crippen molar-refractivity contribution in [3.05, 3.63) is 58.4 Å². The van der Waals surface area contributed by atoms with Crippen molar-refractivity contribution in [2.75, 3.05) is 5.32 Å². The lowest BCUT2D eigenvalue weighted by Crippen LogP contribution is -2.51. The average molecular weight is 558 g/mol. The lowest BCUT2D eigenvalue weighted by molar-refractivity contribution is -0.161. The maximum absolute atomic E-state index is 13.7. The maximum Gasteiger partial charge on any atom is 0.338 e. The molecule has 1 saturated heterocycles. The number of carbonyl (C=O) groups is 2. The first-order valence-corrected chi connectivity index (χ1v) is 13.3. The number of aliphatic hydroxyl groups excluding tert-OH is 2. The van der Waals surface area contributed by atoms with Crippen LogP contribution in [0.1, 0.15) is 29.6 Å². The smallest absolute Gasteiger partial charge is 0.338 e. The Morgan fingerprint density at radius 1 is 1.14 bits per heavy atom. The summed E-state index contributed by atoms with van der Waals surface area (Å²) in [5.74, 6) is -7.43. The van der Waals surface area contributed by atoms with Crippen molar-refractivity contribution in [1.82, 2.24) is 0 Å². The molecule has 0 aromatic heterocycles. The van der Waals surface area contributed by atoms with E-state index in [1.807, 2.05) is 0 Å². The summed E-state index contributed by atoms with van der Waals surface area (Å²) in [7, 11) is -4.10. The number of carbonyl (C=O) groups excluding carboxylic acids is 2. The largest absolute Gasteiger partial charge is 0.454 e. The number of anilines is 1. The molecule has 8 nitrogen and oxygen atoms in total. The summed E-state index contributed by atoms with van der Waals surface area (Å²) in [5, 5.41) is 21.6. The lowest BCUT2D eigenvalue weighted by Gasteiger charge is -2.40. The van der Waals surface area contributed by atoms with E-state index in [9.17, 15) is 41.4 Å². The fourth-order valence-electron chi connectivity index (χ4n) is 6.98. The van der Waals surface area contributed by atoms with Gasteiger partial charge in [-0.3, -0.25) is 4.79 Å². The lowest BCUT2D eigenvalue weighted by atomic mass is 9.73. The predicted molar refractivity (Wildman–Crippen MR) is 121 cm³/mol. The molecule has 1 amide bonds. The van der Waals surface area contributed by atoms with Gasteiger partial charge in [0.1, 0.15) is 11.7 Å². The first-order valence-electron chi connectivity index (χ1n) is 11.4. The van der Waals surface area contributed by atoms with E-state index in [2.05, 4.69) is 5.32 Å². The van der Waals surface area contributed by atoms with Crippen LogP contribution >= 0.6 is 11.6 Å². The van der Waals surface area contributed by atoms with Gasteiger partial charge in [0.25, 0.3) is 5.91 Å². The number of rotatable bonds is 4. The molecule has 2 aromatic carbocycles. The summed E-state index contributed by atoms with van der Waals surface area (Å²) in [6, 6.07) is 4.68. The van der Waals surface area contributed by atoms with Gasteiger partial charge >= 0.3 is 5.97 Å². The Morgan fingerprint density at radius 2 is 1.81 bits per heavy atom. The zero-order valence-electron chi connectivity index (χ0n) is 18.8. The number of amides is 1. The molecule has 6 rings (SSSR count). The third kappa shape index (κ3) is 3.19. The Morgan fingerprint density at radius 3 is 2.38 bits per heavy atom. The maximum atomic E-state index is 13.7. The van der Waals surface area contributed by atoms with Crippen LogP contribution in [0.4, 0.5) is 18.9 Å². The SMILES string of the molecule is O=C(Nc1cc(F)c(F)c(F)c1)c1ccc(Cl)c(S(=O)(=O)C2[C@H]3C4CCC23C[C@@]42OC(=O)[C@@H](O)[C@@H]2O)c1. The number of hydrogen-bond acceptors (Lipinski definition) is 7. The Balaban J connectivity index is 1.28. The molecule has 196 valence electrons. The van der Waals surface area contributed by atoms with Crippen LogP contribution in [-0.2, 0) is 19.4 Å². The van der Waals surface area contributed by atoms with Crippen LogP contribution in [0.3, 0.4) is 0 Å². The summed E-state index contributed by atoms with van der Waals surface area (Å²) in [6.07, 6.45) is -2.00. The number of halogens is 4. The molecular formula is C24H19ClF3NO7S. The summed E-state index contributed by atoms with van der Waals surface area (Å²) in [4.78, 5) is 24.3. The van der Waals surface area contributed by atoms with E-state index in [1.165, 1.54) is 12.1 Å². The third-order valence-corrected chi connectivity index (χ3v) is 11.3. The standard InChI is InChI=1S/C24H19ClF3NO7S/c25-12-2-1-9(21(32)29-10-6-13(26)17(28)14(27)7-10)5-15(12)37(34,35)20-16-11-3-4-23(16,20)8-24(11)19(31)18(30)22(33)36-24/h1-2,5-7,11,16,18-20,30-31H,3-4,8H2,(H,29,32)/t11?,16-,18+,19+,20?,23?,24-/m1/s1. The molecule has 3 saturated carbocycles. The van der Waals surface area contributed by atoms with Gasteiger partial charge in [-0.15, -0.1) is 0 Å². The summed E-state index contributed by atoms with van der Waals surface area (Å²) in [5.41, 5.74) is -2.62. The van der Waals surface area contributed by atoms with Crippen LogP contribution in [0, 0.1) is 34.7 Å². The quantitative estimate of drug-likeness (QED) is 0.389. The Bertz CT molecular complexity index is 1480. The van der Waals surface area contributed by atoms with Crippen molar-refractivity contribution in [2.24, 2.45) is 17.3 Å². The van der Waals surface area contributed by atoms with E-state index in [-0.39, 0.29) is 27.6 Å². The van der Waals surface area contributed by atoms with Crippen molar-refractivity contribution in [3.8, 4) is 0 Å². The monoisotopic (exact) mass is 557 g/mol. The minimum absolute atomic E-state index is 0.0860. The van der Waals surface area contributed by atoms with Crippen LogP contribution in [0.2, 0.25) is 5.02 Å². The highest BCUT2D eigenvalue weighted by Gasteiger charge is 2.87. The highest BCUT2D eigenvalue weighted by molar-refractivity contribution is 7.92. The van der Waals surface area contributed by atoms with Crippen LogP contribution < -0.4 is 5.32 Å². The molecule has 1 aliphatic heterocycles. The van der Waals surface area contributed by atoms with E-state index in [1.54, 1.807) is 0 Å². The molecule has 4 fully saturated rings. The van der Waals surface area contributed by atoms with Crippen LogP contribution in [-0.4, -0.2) is 53.6 Å². The highest BCUT2D eigenvalue weighted by atomic mass is 35.5. The number of nitrogens with one attached hydrogen (secondary N) is 1. The molecule has 13 heteroatoms. The second-order valence-corrected chi connectivity index (χ2v) is 12.6. The van der Waals surface area contributed by atoms with Gasteiger partial charge in [0.05, 0.1) is 15.2 Å². The van der Waals surface area contributed by atoms with Crippen molar-refractivity contribution >= 4 is 39.0 Å². The molecule has 3 aliphatic carbocycles. The second-order valence-electron chi connectivity index (χ2n) is 10.2. The Hall–Kier alpha value is -2.67. The van der Waals surface area contributed by atoms with E-state index >= 15 is 0 Å². The van der Waals surface area contributed by atoms with Crippen molar-refractivity contribution in [3.63, 3.8) is 0 Å². The zero-order chi connectivity index (χ0) is 26.7. The van der Waals surface area contributed by atoms with Crippen molar-refractivity contribution in [2.45, 2.75) is 47.2 Å². The number of ether oxygens (including phenoxy) is 1. The first-order chi connectivity index (χ1) is 17.3. The summed E-state index contributed by atoms with van der Waals surface area (Å²) < 4.78 is 73.0. The fraction of sp³-hybridized carbons (Fsp3) is 0.417. The molecule has 4 aliphatic rings. The topological polar surface area (TPSA) is 130 Å². The minimum Gasteiger partial charge on any atom is -0.454 e. The van der Waals surface area contributed by atoms with Crippen LogP contribution in [0.25, 0.3) is 0 Å². The summed E-state index contributed by atoms with van der Waals surface area (Å²) in [6.45, 7) is 0. The van der Waals surface area contributed by atoms with Crippen LogP contribution in [0.15, 0.2) is 35.2 Å². The van der Waals surface area contributed by atoms with Gasteiger partial charge in [0.15, 0.2) is 33.4 Å².